The first-order valence-corrected chi connectivity index (χ1v) is 23.6. The van der Waals surface area contributed by atoms with E-state index in [-0.39, 0.29) is 10.8 Å². The third-order valence-corrected chi connectivity index (χ3v) is 17.1. The lowest BCUT2D eigenvalue weighted by atomic mass is 9.46. The van der Waals surface area contributed by atoms with Gasteiger partial charge in [0.25, 0.3) is 0 Å². The number of hydrogen-bond donors (Lipinski definition) is 0. The molecule has 302 valence electrons. The van der Waals surface area contributed by atoms with Crippen LogP contribution in [-0.4, -0.2) is 8.42 Å². The van der Waals surface area contributed by atoms with Crippen LogP contribution in [0.15, 0.2) is 166 Å². The highest BCUT2D eigenvalue weighted by atomic mass is 32.2. The summed E-state index contributed by atoms with van der Waals surface area (Å²) in [4.78, 5) is 3.23. The summed E-state index contributed by atoms with van der Waals surface area (Å²) in [5, 5.41) is 2.18. The molecule has 2 fully saturated rings. The molecule has 61 heavy (non-hydrogen) atoms. The minimum Gasteiger partial charge on any atom is -0.455 e. The summed E-state index contributed by atoms with van der Waals surface area (Å²) in [6.07, 6.45) is 4.45. The fourth-order valence-electron chi connectivity index (χ4n) is 12.9. The summed E-state index contributed by atoms with van der Waals surface area (Å²) in [5.74, 6) is 1.98. The Labute approximate surface area is 358 Å². The smallest absolute Gasteiger partial charge is 0.207 e. The van der Waals surface area contributed by atoms with E-state index in [0.29, 0.717) is 33.5 Å². The molecule has 0 amide bonds. The van der Waals surface area contributed by atoms with Crippen molar-refractivity contribution in [1.82, 2.24) is 0 Å². The van der Waals surface area contributed by atoms with Gasteiger partial charge in [0.1, 0.15) is 11.2 Å². The topological polar surface area (TPSA) is 50.5 Å². The molecule has 0 N–H and O–H groups in total. The van der Waals surface area contributed by atoms with E-state index in [0.717, 1.165) is 86.9 Å². The lowest BCUT2D eigenvalue weighted by Crippen LogP contribution is -2.54. The highest BCUT2D eigenvalue weighted by Crippen LogP contribution is 2.64. The number of hydrogen-bond acceptors (Lipinski definition) is 4. The third-order valence-electron chi connectivity index (χ3n) is 15.3. The fourth-order valence-corrected chi connectivity index (χ4v) is 14.7. The van der Waals surface area contributed by atoms with E-state index in [1.165, 1.54) is 22.3 Å². The van der Waals surface area contributed by atoms with Gasteiger partial charge in [-0.15, -0.1) is 0 Å². The van der Waals surface area contributed by atoms with Crippen molar-refractivity contribution in [3.8, 4) is 22.3 Å². The molecule has 0 saturated heterocycles. The highest BCUT2D eigenvalue weighted by molar-refractivity contribution is 7.91. The lowest BCUT2D eigenvalue weighted by Gasteiger charge is -2.59. The quantitative estimate of drug-likeness (QED) is 0.178. The van der Waals surface area contributed by atoms with E-state index in [2.05, 4.69) is 154 Å². The maximum absolute atomic E-state index is 15.2. The van der Waals surface area contributed by atoms with Gasteiger partial charge in [-0.2, -0.15) is 0 Å². The molecule has 5 heteroatoms. The second kappa shape index (κ2) is 13.0. The van der Waals surface area contributed by atoms with E-state index in [1.54, 1.807) is 0 Å². The van der Waals surface area contributed by atoms with Crippen LogP contribution < -0.4 is 4.90 Å². The number of anilines is 3. The summed E-state index contributed by atoms with van der Waals surface area (Å²) in [5.41, 5.74) is 13.1. The van der Waals surface area contributed by atoms with Gasteiger partial charge in [0.05, 0.1) is 9.79 Å². The number of rotatable bonds is 4. The molecular weight excluding hydrogens is 767 g/mol. The Morgan fingerprint density at radius 2 is 1.11 bits per heavy atom. The van der Waals surface area contributed by atoms with Crippen molar-refractivity contribution >= 4 is 48.8 Å². The number of benzene rings is 7. The molecule has 1 aliphatic heterocycles. The SMILES string of the molecule is CC1CC2CC(C)CC(C1)C21c2ccccc2S(=O)(=O)c2cc(N(c3cccc(-c4cccc5c4oc4ccccc45)c3)c3ccc4c(c3)C(C)(C)c3ccccc3-4)ccc21. The molecule has 2 heterocycles. The van der Waals surface area contributed by atoms with Gasteiger partial charge in [-0.1, -0.05) is 131 Å². The van der Waals surface area contributed by atoms with E-state index in [9.17, 15) is 0 Å². The maximum atomic E-state index is 15.2. The largest absolute Gasteiger partial charge is 0.455 e. The molecule has 2 saturated carbocycles. The van der Waals surface area contributed by atoms with Crippen molar-refractivity contribution in [2.24, 2.45) is 23.7 Å². The molecule has 12 rings (SSSR count). The molecular formula is C56H49NO3S. The van der Waals surface area contributed by atoms with E-state index in [4.69, 9.17) is 4.42 Å². The second-order valence-corrected chi connectivity index (χ2v) is 21.0. The molecule has 0 unspecified atom stereocenters. The average molecular weight is 816 g/mol. The molecule has 3 aliphatic carbocycles. The van der Waals surface area contributed by atoms with Crippen LogP contribution in [0, 0.1) is 23.7 Å². The fraction of sp³-hybridized carbons (Fsp3) is 0.250. The Morgan fingerprint density at radius 1 is 0.525 bits per heavy atom. The molecule has 4 nitrogen and oxygen atoms in total. The van der Waals surface area contributed by atoms with Crippen molar-refractivity contribution in [2.75, 3.05) is 4.90 Å². The number of furan rings is 1. The summed E-state index contributed by atoms with van der Waals surface area (Å²) >= 11 is 0. The van der Waals surface area contributed by atoms with Crippen LogP contribution in [0.4, 0.5) is 17.1 Å². The molecule has 4 aliphatic rings. The summed E-state index contributed by atoms with van der Waals surface area (Å²) in [7, 11) is -3.85. The Hall–Kier alpha value is -5.91. The Bertz CT molecular complexity index is 3200. The predicted octanol–water partition coefficient (Wildman–Crippen LogP) is 14.6. The normalized spacial score (nSPS) is 23.9. The van der Waals surface area contributed by atoms with Crippen molar-refractivity contribution in [3.05, 3.63) is 174 Å². The molecule has 0 atom stereocenters. The van der Waals surface area contributed by atoms with Crippen molar-refractivity contribution < 1.29 is 12.8 Å². The van der Waals surface area contributed by atoms with Crippen LogP contribution in [0.25, 0.3) is 44.2 Å². The van der Waals surface area contributed by atoms with Crippen LogP contribution in [0.3, 0.4) is 0 Å². The molecule has 0 radical (unpaired) electrons. The van der Waals surface area contributed by atoms with E-state index in [1.807, 2.05) is 30.3 Å². The Morgan fingerprint density at radius 3 is 1.92 bits per heavy atom. The van der Waals surface area contributed by atoms with Gasteiger partial charge in [-0.3, -0.25) is 0 Å². The van der Waals surface area contributed by atoms with Gasteiger partial charge in [-0.05, 0) is 137 Å². The highest BCUT2D eigenvalue weighted by Gasteiger charge is 2.59. The van der Waals surface area contributed by atoms with Crippen molar-refractivity contribution in [1.29, 1.82) is 0 Å². The van der Waals surface area contributed by atoms with Crippen LogP contribution >= 0.6 is 0 Å². The van der Waals surface area contributed by atoms with Crippen molar-refractivity contribution in [3.63, 3.8) is 0 Å². The number of fused-ring (bicyclic) bond motifs is 8. The molecule has 1 aromatic heterocycles. The van der Waals surface area contributed by atoms with Crippen LogP contribution in [0.1, 0.15) is 75.6 Å². The monoisotopic (exact) mass is 815 g/mol. The Balaban J connectivity index is 1.08. The van der Waals surface area contributed by atoms with Gasteiger partial charge >= 0.3 is 0 Å². The van der Waals surface area contributed by atoms with Gasteiger partial charge in [0.2, 0.25) is 9.84 Å². The standard InChI is InChI=1S/C56H49NO3S/c1-34-27-37-29-35(2)30-38(28-34)56(37)48-20-8-10-22-52(48)61(58,59)53-33-41(24-26-49(53)56)57(40-23-25-44-43-15-5-7-19-47(43)55(3,4)50(44)32-40)39-14-11-13-36(31-39)42-17-12-18-46-45-16-6-9-21-51(45)60-54(42)46/h5-26,31-35,37-38H,27-30H2,1-4H3. The molecule has 2 bridgehead atoms. The minimum atomic E-state index is -3.85. The number of sulfone groups is 1. The summed E-state index contributed by atoms with van der Waals surface area (Å²) in [6, 6.07) is 53.2. The van der Waals surface area contributed by atoms with Crippen molar-refractivity contribution in [2.45, 2.75) is 74.0 Å². The molecule has 7 aromatic carbocycles. The maximum Gasteiger partial charge on any atom is 0.207 e. The zero-order valence-electron chi connectivity index (χ0n) is 35.2. The van der Waals surface area contributed by atoms with E-state index < -0.39 is 9.84 Å². The van der Waals surface area contributed by atoms with E-state index >= 15 is 8.42 Å². The van der Waals surface area contributed by atoms with Crippen LogP contribution in [0.2, 0.25) is 0 Å². The minimum absolute atomic E-state index is 0.214. The summed E-state index contributed by atoms with van der Waals surface area (Å²) in [6.45, 7) is 9.42. The zero-order chi connectivity index (χ0) is 41.4. The number of nitrogens with zero attached hydrogens (tertiary/aromatic N) is 1. The first kappa shape index (κ1) is 36.9. The lowest BCUT2D eigenvalue weighted by molar-refractivity contribution is 0.0231. The van der Waals surface area contributed by atoms with Gasteiger partial charge in [0.15, 0.2) is 0 Å². The van der Waals surface area contributed by atoms with Gasteiger partial charge in [-0.25, -0.2) is 8.42 Å². The first-order valence-electron chi connectivity index (χ1n) is 22.1. The molecule has 1 spiro atoms. The predicted molar refractivity (Wildman–Crippen MR) is 248 cm³/mol. The average Bonchev–Trinajstić information content (AvgIpc) is 3.75. The van der Waals surface area contributed by atoms with Gasteiger partial charge < -0.3 is 9.32 Å². The molecule has 8 aromatic rings. The second-order valence-electron chi connectivity index (χ2n) is 19.2. The third kappa shape index (κ3) is 5.13. The van der Waals surface area contributed by atoms with Crippen LogP contribution in [0.5, 0.6) is 0 Å². The van der Waals surface area contributed by atoms with Gasteiger partial charge in [0, 0.05) is 44.2 Å². The number of para-hydroxylation sites is 2. The Kier molecular flexibility index (Phi) is 7.89. The zero-order valence-corrected chi connectivity index (χ0v) is 36.0. The van der Waals surface area contributed by atoms with Crippen LogP contribution in [-0.2, 0) is 20.7 Å². The first-order chi connectivity index (χ1) is 29.5. The summed E-state index contributed by atoms with van der Waals surface area (Å²) < 4.78 is 36.9.